The van der Waals surface area contributed by atoms with Crippen LogP contribution in [0.25, 0.3) is 0 Å². The van der Waals surface area contributed by atoms with Gasteiger partial charge < -0.3 is 15.0 Å². The van der Waals surface area contributed by atoms with Crippen molar-refractivity contribution in [3.05, 3.63) is 76.1 Å². The van der Waals surface area contributed by atoms with E-state index in [1.807, 2.05) is 39.8 Å². The highest BCUT2D eigenvalue weighted by Gasteiger charge is 2.40. The molecule has 0 spiro atoms. The van der Waals surface area contributed by atoms with Crippen LogP contribution in [0.3, 0.4) is 0 Å². The number of amides is 1. The first-order chi connectivity index (χ1) is 18.9. The number of hydrogen-bond donors (Lipinski definition) is 2. The van der Waals surface area contributed by atoms with Crippen molar-refractivity contribution in [3.63, 3.8) is 0 Å². The van der Waals surface area contributed by atoms with Gasteiger partial charge >= 0.3 is 6.18 Å². The summed E-state index contributed by atoms with van der Waals surface area (Å²) in [5.74, 6) is 0.0611. The van der Waals surface area contributed by atoms with Crippen LogP contribution in [-0.2, 0) is 24.7 Å². The third-order valence-electron chi connectivity index (χ3n) is 6.97. The van der Waals surface area contributed by atoms with Crippen molar-refractivity contribution in [1.29, 1.82) is 0 Å². The monoisotopic (exact) mass is 590 g/mol. The normalized spacial score (nSPS) is 14.3. The maximum absolute atomic E-state index is 14.5. The minimum atomic E-state index is -4.69. The summed E-state index contributed by atoms with van der Waals surface area (Å²) in [5.41, 5.74) is -1.08. The lowest BCUT2D eigenvalue weighted by Crippen LogP contribution is -2.25. The fourth-order valence-electron chi connectivity index (χ4n) is 4.57. The van der Waals surface area contributed by atoms with Crippen LogP contribution < -0.4 is 5.32 Å². The second-order valence-corrected chi connectivity index (χ2v) is 14.4. The molecule has 0 fully saturated rings. The Bertz CT molecular complexity index is 1430. The number of alkyl halides is 3. The van der Waals surface area contributed by atoms with E-state index in [4.69, 9.17) is 0 Å². The van der Waals surface area contributed by atoms with E-state index < -0.39 is 34.6 Å². The largest absolute Gasteiger partial charge is 0.417 e. The van der Waals surface area contributed by atoms with Crippen LogP contribution in [-0.4, -0.2) is 37.2 Å². The van der Waals surface area contributed by atoms with Crippen molar-refractivity contribution < 1.29 is 23.1 Å². The number of nitrogens with one attached hydrogen (secondary N) is 1. The SMILES string of the molecule is C/C=S(/C)c1ccc(CNC(=O)c2nc(C(C)(C)C)n(Cc3cccc(C(O)C(C)(C)C)c3C(F)(F)F)c2C)nc1. The topological polar surface area (TPSA) is 80.0 Å². The van der Waals surface area contributed by atoms with Gasteiger partial charge in [-0.25, -0.2) is 4.98 Å². The van der Waals surface area contributed by atoms with Gasteiger partial charge in [0, 0.05) is 28.7 Å². The Balaban J connectivity index is 2.00. The minimum Gasteiger partial charge on any atom is -0.388 e. The third kappa shape index (κ3) is 7.46. The van der Waals surface area contributed by atoms with E-state index in [-0.39, 0.29) is 40.4 Å². The van der Waals surface area contributed by atoms with E-state index in [1.165, 1.54) is 18.2 Å². The lowest BCUT2D eigenvalue weighted by molar-refractivity contribution is -0.140. The van der Waals surface area contributed by atoms with Gasteiger partial charge in [-0.3, -0.25) is 9.78 Å². The van der Waals surface area contributed by atoms with Crippen LogP contribution in [0.4, 0.5) is 13.2 Å². The highest BCUT2D eigenvalue weighted by atomic mass is 32.2. The number of imidazole rings is 1. The summed E-state index contributed by atoms with van der Waals surface area (Å²) in [6.45, 7) is 14.5. The van der Waals surface area contributed by atoms with Crippen LogP contribution in [0.5, 0.6) is 0 Å². The summed E-state index contributed by atoms with van der Waals surface area (Å²) in [6, 6.07) is 8.13. The Morgan fingerprint density at radius 1 is 1.12 bits per heavy atom. The zero-order chi connectivity index (χ0) is 30.9. The van der Waals surface area contributed by atoms with E-state index in [0.29, 0.717) is 17.2 Å². The number of halogens is 3. The van der Waals surface area contributed by atoms with E-state index in [9.17, 15) is 23.1 Å². The zero-order valence-corrected chi connectivity index (χ0v) is 26.1. The molecule has 2 heterocycles. The molecule has 224 valence electrons. The van der Waals surface area contributed by atoms with Crippen LogP contribution in [0, 0.1) is 12.3 Å². The highest BCUT2D eigenvalue weighted by Crippen LogP contribution is 2.42. The molecule has 0 aliphatic heterocycles. The van der Waals surface area contributed by atoms with E-state index in [0.717, 1.165) is 4.90 Å². The van der Waals surface area contributed by atoms with Crippen molar-refractivity contribution in [2.75, 3.05) is 6.26 Å². The first-order valence-electron chi connectivity index (χ1n) is 13.5. The fraction of sp³-hybridized carbons (Fsp3) is 0.484. The molecule has 2 N–H and O–H groups in total. The molecule has 0 bridgehead atoms. The van der Waals surface area contributed by atoms with Gasteiger partial charge in [-0.2, -0.15) is 23.7 Å². The molecular weight excluding hydrogens is 549 g/mol. The van der Waals surface area contributed by atoms with Gasteiger partial charge in [0.1, 0.15) is 11.5 Å². The Hall–Kier alpha value is -2.98. The molecule has 1 amide bonds. The van der Waals surface area contributed by atoms with Crippen molar-refractivity contribution >= 4 is 21.8 Å². The molecule has 10 heteroatoms. The van der Waals surface area contributed by atoms with Crippen LogP contribution in [0.2, 0.25) is 0 Å². The minimum absolute atomic E-state index is 0.000175. The number of aliphatic hydroxyl groups is 1. The Morgan fingerprint density at radius 3 is 2.29 bits per heavy atom. The highest BCUT2D eigenvalue weighted by molar-refractivity contribution is 8.14. The van der Waals surface area contributed by atoms with Crippen LogP contribution in [0.1, 0.15) is 99.0 Å². The number of benzene rings is 1. The Labute approximate surface area is 243 Å². The summed E-state index contributed by atoms with van der Waals surface area (Å²) in [5, 5.41) is 15.8. The van der Waals surface area contributed by atoms with Gasteiger partial charge in [0.15, 0.2) is 0 Å². The maximum atomic E-state index is 14.5. The second kappa shape index (κ2) is 12.1. The zero-order valence-electron chi connectivity index (χ0n) is 25.3. The number of carbonyl (C=O) groups excluding carboxylic acids is 1. The molecular formula is C31H41F3N4O2S. The number of carbonyl (C=O) groups is 1. The van der Waals surface area contributed by atoms with E-state index in [1.54, 1.807) is 38.5 Å². The molecule has 2 atom stereocenters. The van der Waals surface area contributed by atoms with Crippen molar-refractivity contribution in [1.82, 2.24) is 19.9 Å². The van der Waals surface area contributed by atoms with E-state index >= 15 is 0 Å². The standard InChI is InChI=1S/C31H41F3N4O2S/c1-10-41(9)22-15-14-21(35-17-22)16-36-27(40)25-19(2)38(28(37-25)30(6,7)8)18-20-12-11-13-23(24(20)31(32,33)34)26(39)29(3,4)5/h10-15,17,26,39H,16,18H2,1-9H3,(H,36,40). The molecule has 3 aromatic rings. The molecule has 0 saturated heterocycles. The number of rotatable bonds is 7. The third-order valence-corrected chi connectivity index (χ3v) is 8.66. The molecule has 2 aromatic heterocycles. The molecule has 3 rings (SSSR count). The number of nitrogens with zero attached hydrogens (tertiary/aromatic N) is 3. The summed E-state index contributed by atoms with van der Waals surface area (Å²) < 4.78 is 45.1. The second-order valence-electron chi connectivity index (χ2n) is 12.3. The average Bonchev–Trinajstić information content (AvgIpc) is 3.21. The summed E-state index contributed by atoms with van der Waals surface area (Å²) in [4.78, 5) is 23.4. The molecule has 0 saturated carbocycles. The molecule has 0 aliphatic carbocycles. The summed E-state index contributed by atoms with van der Waals surface area (Å²) >= 11 is 0. The number of hydrogen-bond acceptors (Lipinski definition) is 4. The smallest absolute Gasteiger partial charge is 0.388 e. The first kappa shape index (κ1) is 32.5. The fourth-order valence-corrected chi connectivity index (χ4v) is 5.35. The number of aromatic nitrogens is 3. The average molecular weight is 591 g/mol. The van der Waals surface area contributed by atoms with Crippen LogP contribution in [0.15, 0.2) is 41.4 Å². The summed E-state index contributed by atoms with van der Waals surface area (Å²) in [7, 11) is -0.00792. The molecule has 6 nitrogen and oxygen atoms in total. The van der Waals surface area contributed by atoms with Gasteiger partial charge in [-0.05, 0) is 48.8 Å². The van der Waals surface area contributed by atoms with Crippen LogP contribution >= 0.6 is 10.5 Å². The van der Waals surface area contributed by atoms with Gasteiger partial charge in [-0.15, -0.1) is 0 Å². The molecule has 0 aliphatic rings. The lowest BCUT2D eigenvalue weighted by atomic mass is 9.82. The quantitative estimate of drug-likeness (QED) is 0.289. The van der Waals surface area contributed by atoms with Crippen molar-refractivity contribution in [2.24, 2.45) is 5.41 Å². The molecule has 0 radical (unpaired) electrons. The van der Waals surface area contributed by atoms with Gasteiger partial charge in [-0.1, -0.05) is 65.1 Å². The van der Waals surface area contributed by atoms with Gasteiger partial charge in [0.25, 0.3) is 5.91 Å². The van der Waals surface area contributed by atoms with E-state index in [2.05, 4.69) is 26.9 Å². The lowest BCUT2D eigenvalue weighted by Gasteiger charge is -2.30. The molecule has 41 heavy (non-hydrogen) atoms. The summed E-state index contributed by atoms with van der Waals surface area (Å²) in [6.07, 6.45) is -2.11. The predicted octanol–water partition coefficient (Wildman–Crippen LogP) is 7.04. The predicted molar refractivity (Wildman–Crippen MR) is 160 cm³/mol. The molecule has 1 aromatic carbocycles. The van der Waals surface area contributed by atoms with Gasteiger partial charge in [0.2, 0.25) is 0 Å². The molecule has 2 unspecified atom stereocenters. The maximum Gasteiger partial charge on any atom is 0.417 e. The van der Waals surface area contributed by atoms with Crippen molar-refractivity contribution in [2.45, 2.75) is 91.1 Å². The number of pyridine rings is 1. The Morgan fingerprint density at radius 2 is 1.78 bits per heavy atom. The van der Waals surface area contributed by atoms with Crippen molar-refractivity contribution in [3.8, 4) is 0 Å². The van der Waals surface area contributed by atoms with Gasteiger partial charge in [0.05, 0.1) is 23.9 Å². The Kier molecular flexibility index (Phi) is 9.60. The first-order valence-corrected chi connectivity index (χ1v) is 15.2. The number of aliphatic hydroxyl groups excluding tert-OH is 1.